The van der Waals surface area contributed by atoms with Crippen molar-refractivity contribution in [1.82, 2.24) is 4.98 Å². The zero-order valence-electron chi connectivity index (χ0n) is 11.1. The first kappa shape index (κ1) is 11.8. The topological polar surface area (TPSA) is 51.2 Å². The number of nitrogens with one attached hydrogen (secondary N) is 1. The summed E-state index contributed by atoms with van der Waals surface area (Å²) in [6.45, 7) is 4.60. The Kier molecular flexibility index (Phi) is 2.99. The monoisotopic (exact) mass is 256 g/mol. The smallest absolute Gasteiger partial charge is 0.192 e. The van der Waals surface area contributed by atoms with Crippen LogP contribution in [0.5, 0.6) is 0 Å². The maximum Gasteiger partial charge on any atom is 0.192 e. The molecule has 0 saturated carbocycles. The molecule has 1 N–H and O–H groups in total. The van der Waals surface area contributed by atoms with Gasteiger partial charge in [0.1, 0.15) is 17.0 Å². The molecule has 2 heterocycles. The van der Waals surface area contributed by atoms with Crippen LogP contribution in [0, 0.1) is 6.92 Å². The van der Waals surface area contributed by atoms with Crippen molar-refractivity contribution in [2.24, 2.45) is 0 Å². The molecule has 3 aromatic rings. The summed E-state index contributed by atoms with van der Waals surface area (Å²) >= 11 is 0. The van der Waals surface area contributed by atoms with Crippen LogP contribution in [-0.4, -0.2) is 4.98 Å². The van der Waals surface area contributed by atoms with Crippen molar-refractivity contribution in [3.63, 3.8) is 0 Å². The molecule has 0 atom stereocenters. The van der Waals surface area contributed by atoms with E-state index in [1.165, 1.54) is 0 Å². The van der Waals surface area contributed by atoms with Crippen molar-refractivity contribution in [3.8, 4) is 0 Å². The molecule has 0 unspecified atom stereocenters. The Morgan fingerprint density at radius 3 is 2.74 bits per heavy atom. The lowest BCUT2D eigenvalue weighted by Crippen LogP contribution is -1.97. The maximum absolute atomic E-state index is 5.65. The van der Waals surface area contributed by atoms with E-state index >= 15 is 0 Å². The summed E-state index contributed by atoms with van der Waals surface area (Å²) in [6, 6.07) is 9.91. The normalized spacial score (nSPS) is 11.1. The van der Waals surface area contributed by atoms with Gasteiger partial charge in [-0.1, -0.05) is 6.92 Å². The molecule has 1 aromatic carbocycles. The van der Waals surface area contributed by atoms with Gasteiger partial charge in [0.25, 0.3) is 0 Å². The van der Waals surface area contributed by atoms with Gasteiger partial charge in [0.2, 0.25) is 0 Å². The number of rotatable bonds is 4. The van der Waals surface area contributed by atoms with Gasteiger partial charge in [-0.25, -0.2) is 4.98 Å². The van der Waals surface area contributed by atoms with Crippen molar-refractivity contribution >= 4 is 16.8 Å². The van der Waals surface area contributed by atoms with Gasteiger partial charge in [0, 0.05) is 19.0 Å². The van der Waals surface area contributed by atoms with E-state index in [0.717, 1.165) is 34.7 Å². The number of aryl methyl sites for hydroxylation is 2. The lowest BCUT2D eigenvalue weighted by Gasteiger charge is -2.03. The summed E-state index contributed by atoms with van der Waals surface area (Å²) in [5.41, 5.74) is 2.70. The number of oxazole rings is 1. The van der Waals surface area contributed by atoms with Gasteiger partial charge in [-0.3, -0.25) is 0 Å². The van der Waals surface area contributed by atoms with Crippen LogP contribution in [-0.2, 0) is 13.0 Å². The third-order valence-corrected chi connectivity index (χ3v) is 3.03. The van der Waals surface area contributed by atoms with E-state index < -0.39 is 0 Å². The number of anilines is 1. The van der Waals surface area contributed by atoms with E-state index in [0.29, 0.717) is 12.4 Å². The van der Waals surface area contributed by atoms with Gasteiger partial charge in [-0.2, -0.15) is 0 Å². The van der Waals surface area contributed by atoms with Gasteiger partial charge in [-0.15, -0.1) is 0 Å². The number of hydrogen-bond acceptors (Lipinski definition) is 4. The minimum absolute atomic E-state index is 0.669. The van der Waals surface area contributed by atoms with Crippen LogP contribution in [0.3, 0.4) is 0 Å². The maximum atomic E-state index is 5.65. The van der Waals surface area contributed by atoms with Crippen molar-refractivity contribution in [1.29, 1.82) is 0 Å². The highest BCUT2D eigenvalue weighted by Crippen LogP contribution is 2.20. The molecule has 2 aromatic heterocycles. The van der Waals surface area contributed by atoms with Gasteiger partial charge in [-0.05, 0) is 30.3 Å². The van der Waals surface area contributed by atoms with E-state index in [9.17, 15) is 0 Å². The Morgan fingerprint density at radius 1 is 1.11 bits per heavy atom. The largest absolute Gasteiger partial charge is 0.464 e. The van der Waals surface area contributed by atoms with Crippen molar-refractivity contribution in [2.45, 2.75) is 26.8 Å². The number of hydrogen-bond donors (Lipinski definition) is 1. The first-order chi connectivity index (χ1) is 9.24. The summed E-state index contributed by atoms with van der Waals surface area (Å²) in [6.07, 6.45) is 0.921. The van der Waals surface area contributed by atoms with Gasteiger partial charge < -0.3 is 14.2 Å². The Morgan fingerprint density at radius 2 is 1.95 bits per heavy atom. The highest BCUT2D eigenvalue weighted by Gasteiger charge is 2.04. The highest BCUT2D eigenvalue weighted by atomic mass is 16.3. The van der Waals surface area contributed by atoms with Gasteiger partial charge in [0.15, 0.2) is 11.5 Å². The fourth-order valence-electron chi connectivity index (χ4n) is 2.05. The number of nitrogens with zero attached hydrogens (tertiary/aromatic N) is 1. The molecule has 0 fully saturated rings. The summed E-state index contributed by atoms with van der Waals surface area (Å²) < 4.78 is 11.1. The molecule has 19 heavy (non-hydrogen) atoms. The molecular weight excluding hydrogens is 240 g/mol. The molecule has 0 aliphatic heterocycles. The van der Waals surface area contributed by atoms with Crippen LogP contribution in [0.2, 0.25) is 0 Å². The van der Waals surface area contributed by atoms with Crippen LogP contribution in [0.1, 0.15) is 24.3 Å². The number of fused-ring (bicyclic) bond motifs is 1. The van der Waals surface area contributed by atoms with Gasteiger partial charge in [0.05, 0.1) is 6.54 Å². The zero-order valence-corrected chi connectivity index (χ0v) is 11.1. The Balaban J connectivity index is 1.73. The van der Waals surface area contributed by atoms with Crippen LogP contribution < -0.4 is 5.32 Å². The average molecular weight is 256 g/mol. The van der Waals surface area contributed by atoms with Gasteiger partial charge >= 0.3 is 0 Å². The fourth-order valence-corrected chi connectivity index (χ4v) is 2.05. The van der Waals surface area contributed by atoms with E-state index in [1.54, 1.807) is 0 Å². The number of furan rings is 1. The summed E-state index contributed by atoms with van der Waals surface area (Å²) in [7, 11) is 0. The standard InChI is InChI=1S/C15H16N2O2/c1-3-12-5-6-13(19-12)9-16-11-4-7-15-14(8-11)17-10(2)18-15/h4-8,16H,3,9H2,1-2H3. The lowest BCUT2D eigenvalue weighted by molar-refractivity contribution is 0.476. The molecule has 0 aliphatic rings. The summed E-state index contributed by atoms with van der Waals surface area (Å²) in [4.78, 5) is 4.32. The van der Waals surface area contributed by atoms with Crippen LogP contribution in [0.4, 0.5) is 5.69 Å². The molecule has 0 amide bonds. The zero-order chi connectivity index (χ0) is 13.2. The highest BCUT2D eigenvalue weighted by molar-refractivity contribution is 5.77. The summed E-state index contributed by atoms with van der Waals surface area (Å²) in [5, 5.41) is 3.32. The molecule has 3 rings (SSSR count). The Bertz CT molecular complexity index is 697. The molecule has 4 nitrogen and oxygen atoms in total. The summed E-state index contributed by atoms with van der Waals surface area (Å²) in [5.74, 6) is 2.64. The van der Waals surface area contributed by atoms with Crippen LogP contribution in [0.25, 0.3) is 11.1 Å². The molecule has 0 bridgehead atoms. The fraction of sp³-hybridized carbons (Fsp3) is 0.267. The number of benzene rings is 1. The number of aromatic nitrogens is 1. The molecule has 0 radical (unpaired) electrons. The molecule has 0 spiro atoms. The second-order valence-corrected chi connectivity index (χ2v) is 4.49. The minimum atomic E-state index is 0.669. The molecule has 0 saturated heterocycles. The SMILES string of the molecule is CCc1ccc(CNc2ccc3oc(C)nc3c2)o1. The predicted octanol–water partition coefficient (Wildman–Crippen LogP) is 3.90. The molecule has 98 valence electrons. The van der Waals surface area contributed by atoms with Crippen LogP contribution in [0.15, 0.2) is 39.2 Å². The second kappa shape index (κ2) is 4.80. The third-order valence-electron chi connectivity index (χ3n) is 3.03. The Hall–Kier alpha value is -2.23. The second-order valence-electron chi connectivity index (χ2n) is 4.49. The van der Waals surface area contributed by atoms with Crippen molar-refractivity contribution in [2.75, 3.05) is 5.32 Å². The molecular formula is C15H16N2O2. The average Bonchev–Trinajstić information content (AvgIpc) is 3.00. The van der Waals surface area contributed by atoms with Crippen molar-refractivity contribution < 1.29 is 8.83 Å². The Labute approximate surface area is 111 Å². The van der Waals surface area contributed by atoms with Crippen LogP contribution >= 0.6 is 0 Å². The predicted molar refractivity (Wildman–Crippen MR) is 74.2 cm³/mol. The van der Waals surface area contributed by atoms with Crippen molar-refractivity contribution in [3.05, 3.63) is 47.7 Å². The molecule has 4 heteroatoms. The third kappa shape index (κ3) is 2.47. The van der Waals surface area contributed by atoms with E-state index in [4.69, 9.17) is 8.83 Å². The van der Waals surface area contributed by atoms with E-state index in [1.807, 2.05) is 37.3 Å². The minimum Gasteiger partial charge on any atom is -0.464 e. The molecule has 0 aliphatic carbocycles. The first-order valence-electron chi connectivity index (χ1n) is 6.43. The quantitative estimate of drug-likeness (QED) is 0.769. The van der Waals surface area contributed by atoms with E-state index in [-0.39, 0.29) is 0 Å². The van der Waals surface area contributed by atoms with E-state index in [2.05, 4.69) is 17.2 Å². The first-order valence-corrected chi connectivity index (χ1v) is 6.43. The lowest BCUT2D eigenvalue weighted by atomic mass is 10.3.